The molecule has 0 aliphatic carbocycles. The molecule has 4 heterocycles. The monoisotopic (exact) mass is 561 g/mol. The molecule has 1 aliphatic heterocycles. The molecule has 1 aliphatic rings. The molecule has 1 saturated heterocycles. The Bertz CT molecular complexity index is 1660. The quantitative estimate of drug-likeness (QED) is 0.295. The Hall–Kier alpha value is -4.62. The smallest absolute Gasteiger partial charge is 0.220 e. The van der Waals surface area contributed by atoms with Crippen molar-refractivity contribution in [1.82, 2.24) is 39.2 Å². The zero-order valence-electron chi connectivity index (χ0n) is 21.8. The number of β-amino-alcohol motifs (C(OH)–C–C–N with tert-alkyl or cyclic N) is 1. The van der Waals surface area contributed by atoms with Gasteiger partial charge in [-0.15, -0.1) is 0 Å². The lowest BCUT2D eigenvalue weighted by molar-refractivity contribution is -0.0170. The average Bonchev–Trinajstić information content (AvgIpc) is 3.70. The molecule has 0 unspecified atom stereocenters. The van der Waals surface area contributed by atoms with Crippen LogP contribution in [0, 0.1) is 17.5 Å². The predicted octanol–water partition coefficient (Wildman–Crippen LogP) is 3.43. The molecule has 210 valence electrons. The fourth-order valence-electron chi connectivity index (χ4n) is 5.44. The number of likely N-dealkylation sites (tertiary alicyclic amines) is 1. The normalized spacial score (nSPS) is 17.1. The maximum absolute atomic E-state index is 14.9. The van der Waals surface area contributed by atoms with E-state index in [1.807, 2.05) is 9.47 Å². The molecule has 2 atom stereocenters. The van der Waals surface area contributed by atoms with Crippen LogP contribution in [0.2, 0.25) is 0 Å². The molecule has 1 fully saturated rings. The summed E-state index contributed by atoms with van der Waals surface area (Å²) < 4.78 is 45.7. The van der Waals surface area contributed by atoms with Gasteiger partial charge in [0.25, 0.3) is 0 Å². The van der Waals surface area contributed by atoms with Gasteiger partial charge < -0.3 is 15.4 Å². The van der Waals surface area contributed by atoms with Crippen molar-refractivity contribution in [1.29, 1.82) is 0 Å². The number of nitrogen functional groups attached to an aromatic ring is 1. The van der Waals surface area contributed by atoms with Crippen LogP contribution in [0.4, 0.5) is 19.1 Å². The second kappa shape index (κ2) is 10.7. The van der Waals surface area contributed by atoms with Crippen molar-refractivity contribution in [2.45, 2.75) is 24.6 Å². The fraction of sp³-hybridized carbons (Fsp3) is 0.250. The second-order valence-electron chi connectivity index (χ2n) is 10.1. The minimum atomic E-state index is -1.72. The van der Waals surface area contributed by atoms with Gasteiger partial charge in [0.1, 0.15) is 35.7 Å². The summed E-state index contributed by atoms with van der Waals surface area (Å²) in [5.74, 6) is -1.83. The van der Waals surface area contributed by atoms with Gasteiger partial charge in [0.2, 0.25) is 5.95 Å². The van der Waals surface area contributed by atoms with E-state index in [0.717, 1.165) is 12.1 Å². The Morgan fingerprint density at radius 3 is 2.51 bits per heavy atom. The summed E-state index contributed by atoms with van der Waals surface area (Å²) >= 11 is 0. The third-order valence-electron chi connectivity index (χ3n) is 7.28. The number of rotatable bonds is 8. The van der Waals surface area contributed by atoms with Crippen LogP contribution in [0.5, 0.6) is 0 Å². The highest BCUT2D eigenvalue weighted by molar-refractivity contribution is 5.77. The highest BCUT2D eigenvalue weighted by atomic mass is 19.1. The molecular weight excluding hydrogens is 535 g/mol. The Morgan fingerprint density at radius 2 is 1.78 bits per heavy atom. The number of hydrogen-bond donors (Lipinski definition) is 2. The number of benzene rings is 2. The Morgan fingerprint density at radius 1 is 0.976 bits per heavy atom. The molecule has 0 amide bonds. The number of hydrogen-bond acceptors (Lipinski definition) is 8. The SMILES string of the molecule is Nc1nccc(-c2c(-c3ccc(F)cc3)ncn2[C@H]2CCN(C[C@](O)(Cn3cncn3)c3ccc(F)cc3F)C2)n1. The highest BCUT2D eigenvalue weighted by Crippen LogP contribution is 2.36. The molecule has 0 saturated carbocycles. The standard InChI is InChI=1S/C28H26F3N9O/c29-19-3-1-18(2-4-19)25-26(24-7-9-34-27(32)37-24)40(17-35-25)21-8-10-38(12-21)13-28(41,14-39-16-33-15-36-39)22-6-5-20(30)11-23(22)31/h1-7,9,11,15-17,21,41H,8,10,12-14H2,(H2,32,34,37)/t21-,28-/m0/s1. The van der Waals surface area contributed by atoms with Gasteiger partial charge in [-0.25, -0.2) is 37.8 Å². The van der Waals surface area contributed by atoms with E-state index < -0.39 is 17.2 Å². The molecule has 3 aromatic heterocycles. The number of nitrogens with zero attached hydrogens (tertiary/aromatic N) is 8. The van der Waals surface area contributed by atoms with Gasteiger partial charge in [-0.05, 0) is 42.8 Å². The van der Waals surface area contributed by atoms with Crippen LogP contribution in [-0.4, -0.2) is 63.9 Å². The largest absolute Gasteiger partial charge is 0.382 e. The van der Waals surface area contributed by atoms with Crippen LogP contribution in [0.15, 0.2) is 73.7 Å². The summed E-state index contributed by atoms with van der Waals surface area (Å²) in [7, 11) is 0. The van der Waals surface area contributed by atoms with Gasteiger partial charge in [-0.3, -0.25) is 4.90 Å². The number of aliphatic hydroxyl groups is 1. The van der Waals surface area contributed by atoms with E-state index in [1.165, 1.54) is 35.5 Å². The van der Waals surface area contributed by atoms with Gasteiger partial charge in [0.15, 0.2) is 0 Å². The maximum Gasteiger partial charge on any atom is 0.220 e. The van der Waals surface area contributed by atoms with E-state index in [2.05, 4.69) is 25.0 Å². The predicted molar refractivity (Wildman–Crippen MR) is 143 cm³/mol. The van der Waals surface area contributed by atoms with E-state index in [1.54, 1.807) is 30.7 Å². The van der Waals surface area contributed by atoms with Crippen LogP contribution in [-0.2, 0) is 12.1 Å². The fourth-order valence-corrected chi connectivity index (χ4v) is 5.44. The van der Waals surface area contributed by atoms with Gasteiger partial charge in [0, 0.05) is 49.1 Å². The third kappa shape index (κ3) is 5.41. The number of anilines is 1. The zero-order valence-corrected chi connectivity index (χ0v) is 21.8. The topological polar surface area (TPSA) is 124 Å². The molecule has 13 heteroatoms. The molecule has 0 spiro atoms. The molecule has 0 radical (unpaired) electrons. The second-order valence-corrected chi connectivity index (χ2v) is 10.1. The minimum absolute atomic E-state index is 0.0313. The van der Waals surface area contributed by atoms with Crippen molar-refractivity contribution in [2.24, 2.45) is 0 Å². The Balaban J connectivity index is 1.32. The van der Waals surface area contributed by atoms with Crippen molar-refractivity contribution in [3.05, 3.63) is 96.7 Å². The number of aromatic nitrogens is 7. The number of imidazole rings is 1. The first kappa shape index (κ1) is 26.6. The van der Waals surface area contributed by atoms with E-state index in [4.69, 9.17) is 5.73 Å². The van der Waals surface area contributed by atoms with Crippen LogP contribution < -0.4 is 5.73 Å². The summed E-state index contributed by atoms with van der Waals surface area (Å²) in [6, 6.07) is 10.8. The maximum atomic E-state index is 14.9. The summed E-state index contributed by atoms with van der Waals surface area (Å²) in [4.78, 5) is 19.0. The lowest BCUT2D eigenvalue weighted by Crippen LogP contribution is -2.44. The summed E-state index contributed by atoms with van der Waals surface area (Å²) in [5.41, 5.74) is 6.71. The third-order valence-corrected chi connectivity index (χ3v) is 7.28. The van der Waals surface area contributed by atoms with Gasteiger partial charge in [0.05, 0.1) is 30.0 Å². The Labute approximate surface area is 233 Å². The molecule has 10 nitrogen and oxygen atoms in total. The molecule has 3 N–H and O–H groups in total. The summed E-state index contributed by atoms with van der Waals surface area (Å²) in [6.45, 7) is 1.06. The lowest BCUT2D eigenvalue weighted by Gasteiger charge is -2.33. The Kier molecular flexibility index (Phi) is 6.97. The van der Waals surface area contributed by atoms with Gasteiger partial charge in [-0.1, -0.05) is 6.07 Å². The van der Waals surface area contributed by atoms with Crippen LogP contribution in [0.25, 0.3) is 22.6 Å². The van der Waals surface area contributed by atoms with E-state index in [-0.39, 0.29) is 36.5 Å². The van der Waals surface area contributed by atoms with Crippen LogP contribution in [0.3, 0.4) is 0 Å². The first-order valence-corrected chi connectivity index (χ1v) is 12.9. The molecular formula is C28H26F3N9O. The van der Waals surface area contributed by atoms with Crippen LogP contribution in [0.1, 0.15) is 18.0 Å². The highest BCUT2D eigenvalue weighted by Gasteiger charge is 2.38. The molecule has 5 aromatic rings. The van der Waals surface area contributed by atoms with Gasteiger partial charge in [-0.2, -0.15) is 5.10 Å². The first-order chi connectivity index (χ1) is 19.8. The molecule has 0 bridgehead atoms. The zero-order chi connectivity index (χ0) is 28.6. The summed E-state index contributed by atoms with van der Waals surface area (Å²) in [5, 5.41) is 15.9. The van der Waals surface area contributed by atoms with Gasteiger partial charge >= 0.3 is 0 Å². The first-order valence-electron chi connectivity index (χ1n) is 12.9. The minimum Gasteiger partial charge on any atom is -0.382 e. The number of halogens is 3. The summed E-state index contributed by atoms with van der Waals surface area (Å²) in [6.07, 6.45) is 6.72. The van der Waals surface area contributed by atoms with Crippen molar-refractivity contribution in [3.63, 3.8) is 0 Å². The van der Waals surface area contributed by atoms with Crippen molar-refractivity contribution in [2.75, 3.05) is 25.4 Å². The van der Waals surface area contributed by atoms with E-state index >= 15 is 0 Å². The molecule has 6 rings (SSSR count). The van der Waals surface area contributed by atoms with E-state index in [9.17, 15) is 18.3 Å². The molecule has 2 aromatic carbocycles. The lowest BCUT2D eigenvalue weighted by atomic mass is 9.92. The van der Waals surface area contributed by atoms with Crippen molar-refractivity contribution < 1.29 is 18.3 Å². The molecule has 41 heavy (non-hydrogen) atoms. The van der Waals surface area contributed by atoms with Crippen LogP contribution >= 0.6 is 0 Å². The van der Waals surface area contributed by atoms with Crippen molar-refractivity contribution >= 4 is 5.95 Å². The van der Waals surface area contributed by atoms with E-state index in [0.29, 0.717) is 42.2 Å². The number of nitrogens with two attached hydrogens (primary N) is 1. The van der Waals surface area contributed by atoms with Crippen molar-refractivity contribution in [3.8, 4) is 22.6 Å². The average molecular weight is 562 g/mol.